The lowest BCUT2D eigenvalue weighted by atomic mass is 9.87. The fourth-order valence-electron chi connectivity index (χ4n) is 3.84. The molecule has 35 heavy (non-hydrogen) atoms. The van der Waals surface area contributed by atoms with Crippen LogP contribution in [0.2, 0.25) is 0 Å². The minimum Gasteiger partial charge on any atom is -0.444 e. The van der Waals surface area contributed by atoms with Crippen molar-refractivity contribution in [2.45, 2.75) is 55.2 Å². The first-order valence-electron chi connectivity index (χ1n) is 11.7. The predicted octanol–water partition coefficient (Wildman–Crippen LogP) is 7.24. The molecule has 1 aromatic heterocycles. The first kappa shape index (κ1) is 24.8. The van der Waals surface area contributed by atoms with E-state index in [9.17, 15) is 9.90 Å². The molecule has 0 aliphatic heterocycles. The maximum atomic E-state index is 13.2. The van der Waals surface area contributed by atoms with Gasteiger partial charge in [-0.25, -0.2) is 0 Å². The van der Waals surface area contributed by atoms with Gasteiger partial charge in [0.05, 0.1) is 6.04 Å². The molecule has 0 saturated heterocycles. The van der Waals surface area contributed by atoms with Crippen molar-refractivity contribution in [2.24, 2.45) is 0 Å². The van der Waals surface area contributed by atoms with Gasteiger partial charge in [-0.1, -0.05) is 105 Å². The Morgan fingerprint density at radius 3 is 2.14 bits per heavy atom. The summed E-state index contributed by atoms with van der Waals surface area (Å²) >= 11 is 1.51. The molecule has 2 unspecified atom stereocenters. The number of amides is 1. The summed E-state index contributed by atoms with van der Waals surface area (Å²) < 4.78 is 5.92. The second kappa shape index (κ2) is 10.5. The number of aryl methyl sites for hydroxylation is 1. The summed E-state index contributed by atoms with van der Waals surface area (Å²) in [6.45, 7) is 8.64. The second-order valence-electron chi connectivity index (χ2n) is 9.67. The number of aliphatic hydroxyl groups excluding tert-OH is 1. The number of hydrogen-bond acceptors (Lipinski definition) is 4. The van der Waals surface area contributed by atoms with Gasteiger partial charge in [0.15, 0.2) is 10.9 Å². The highest BCUT2D eigenvalue weighted by Gasteiger charge is 2.26. The zero-order valence-electron chi connectivity index (χ0n) is 20.5. The van der Waals surface area contributed by atoms with Gasteiger partial charge in [-0.2, -0.15) is 0 Å². The first-order valence-corrected chi connectivity index (χ1v) is 12.5. The van der Waals surface area contributed by atoms with Gasteiger partial charge in [-0.3, -0.25) is 4.79 Å². The molecule has 0 radical (unpaired) electrons. The molecular weight excluding hydrogens is 454 g/mol. The summed E-state index contributed by atoms with van der Waals surface area (Å²) in [6.07, 6.45) is -0.908. The SMILES string of the molecule is Cc1ccc(C(C)(C)C)cc1Sc1ccc(C(=O)NC(c2ccccc2)C(O)c2ccccc2)o1. The van der Waals surface area contributed by atoms with E-state index in [0.717, 1.165) is 21.6 Å². The van der Waals surface area contributed by atoms with Gasteiger partial charge in [0.25, 0.3) is 5.91 Å². The summed E-state index contributed by atoms with van der Waals surface area (Å²) in [5.41, 5.74) is 3.99. The van der Waals surface area contributed by atoms with Gasteiger partial charge in [-0.15, -0.1) is 0 Å². The van der Waals surface area contributed by atoms with Gasteiger partial charge >= 0.3 is 0 Å². The maximum Gasteiger partial charge on any atom is 0.287 e. The van der Waals surface area contributed by atoms with Crippen molar-refractivity contribution in [3.8, 4) is 0 Å². The van der Waals surface area contributed by atoms with E-state index in [0.29, 0.717) is 5.09 Å². The predicted molar refractivity (Wildman–Crippen MR) is 141 cm³/mol. The molecule has 5 heteroatoms. The third-order valence-corrected chi connectivity index (χ3v) is 7.05. The van der Waals surface area contributed by atoms with Crippen molar-refractivity contribution in [1.82, 2.24) is 5.32 Å². The molecule has 0 fully saturated rings. The zero-order valence-corrected chi connectivity index (χ0v) is 21.3. The Balaban J connectivity index is 1.54. The van der Waals surface area contributed by atoms with Crippen LogP contribution in [0.25, 0.3) is 0 Å². The van der Waals surface area contributed by atoms with Gasteiger partial charge in [0, 0.05) is 4.90 Å². The van der Waals surface area contributed by atoms with Crippen LogP contribution in [0.3, 0.4) is 0 Å². The number of nitrogens with one attached hydrogen (secondary N) is 1. The van der Waals surface area contributed by atoms with E-state index in [1.807, 2.05) is 66.7 Å². The van der Waals surface area contributed by atoms with E-state index in [1.54, 1.807) is 6.07 Å². The number of carbonyl (C=O) groups is 1. The molecule has 2 N–H and O–H groups in total. The highest BCUT2D eigenvalue weighted by Crippen LogP contribution is 2.35. The van der Waals surface area contributed by atoms with Crippen molar-refractivity contribution in [3.63, 3.8) is 0 Å². The highest BCUT2D eigenvalue weighted by molar-refractivity contribution is 7.99. The smallest absolute Gasteiger partial charge is 0.287 e. The number of rotatable bonds is 7. The summed E-state index contributed by atoms with van der Waals surface area (Å²) in [4.78, 5) is 14.3. The van der Waals surface area contributed by atoms with Crippen LogP contribution < -0.4 is 5.32 Å². The van der Waals surface area contributed by atoms with Gasteiger partial charge in [0.2, 0.25) is 0 Å². The van der Waals surface area contributed by atoms with E-state index >= 15 is 0 Å². The lowest BCUT2D eigenvalue weighted by Gasteiger charge is -2.24. The normalized spacial score (nSPS) is 13.3. The molecule has 0 aliphatic rings. The zero-order chi connectivity index (χ0) is 25.0. The molecule has 0 saturated carbocycles. The van der Waals surface area contributed by atoms with Crippen LogP contribution in [0.1, 0.15) is 65.7 Å². The molecule has 1 heterocycles. The molecule has 2 atom stereocenters. The fourth-order valence-corrected chi connectivity index (χ4v) is 4.74. The quantitative estimate of drug-likeness (QED) is 0.290. The molecule has 0 spiro atoms. The Labute approximate surface area is 211 Å². The monoisotopic (exact) mass is 485 g/mol. The van der Waals surface area contributed by atoms with Crippen molar-refractivity contribution >= 4 is 17.7 Å². The van der Waals surface area contributed by atoms with Crippen molar-refractivity contribution in [1.29, 1.82) is 0 Å². The lowest BCUT2D eigenvalue weighted by molar-refractivity contribution is 0.0801. The molecule has 4 aromatic rings. The van der Waals surface area contributed by atoms with Crippen LogP contribution >= 0.6 is 11.8 Å². The number of furan rings is 1. The average Bonchev–Trinajstić information content (AvgIpc) is 3.32. The summed E-state index contributed by atoms with van der Waals surface area (Å²) in [5, 5.41) is 14.7. The van der Waals surface area contributed by atoms with E-state index in [2.05, 4.69) is 51.2 Å². The topological polar surface area (TPSA) is 62.5 Å². The van der Waals surface area contributed by atoms with Gasteiger partial charge in [0.1, 0.15) is 6.10 Å². The highest BCUT2D eigenvalue weighted by atomic mass is 32.2. The summed E-state index contributed by atoms with van der Waals surface area (Å²) in [7, 11) is 0. The van der Waals surface area contributed by atoms with Crippen LogP contribution in [0.15, 0.2) is 105 Å². The van der Waals surface area contributed by atoms with Gasteiger partial charge in [-0.05, 0) is 52.8 Å². The largest absolute Gasteiger partial charge is 0.444 e. The minimum atomic E-state index is -0.908. The minimum absolute atomic E-state index is 0.0449. The van der Waals surface area contributed by atoms with Crippen LogP contribution in [-0.2, 0) is 5.41 Å². The average molecular weight is 486 g/mol. The number of benzene rings is 3. The molecule has 3 aromatic carbocycles. The Bertz CT molecular complexity index is 1280. The molecule has 4 rings (SSSR count). The molecule has 180 valence electrons. The van der Waals surface area contributed by atoms with Crippen LogP contribution in [0.4, 0.5) is 0 Å². The van der Waals surface area contributed by atoms with E-state index < -0.39 is 12.1 Å². The van der Waals surface area contributed by atoms with Crippen LogP contribution in [-0.4, -0.2) is 11.0 Å². The molecule has 0 bridgehead atoms. The Morgan fingerprint density at radius 1 is 0.886 bits per heavy atom. The third-order valence-electron chi connectivity index (χ3n) is 5.97. The molecule has 0 aliphatic carbocycles. The number of aliphatic hydroxyl groups is 1. The molecular formula is C30H31NO3S. The standard InChI is InChI=1S/C30H31NO3S/c1-20-15-16-23(30(2,3)4)19-25(20)35-26-18-17-24(34-26)29(33)31-27(21-11-7-5-8-12-21)28(32)22-13-9-6-10-14-22/h5-19,27-28,32H,1-4H3,(H,31,33). The molecule has 1 amide bonds. The second-order valence-corrected chi connectivity index (χ2v) is 10.7. The Morgan fingerprint density at radius 2 is 1.51 bits per heavy atom. The summed E-state index contributed by atoms with van der Waals surface area (Å²) in [6, 6.07) is 28.1. The summed E-state index contributed by atoms with van der Waals surface area (Å²) in [5.74, 6) is -0.167. The van der Waals surface area contributed by atoms with E-state index in [-0.39, 0.29) is 17.1 Å². The first-order chi connectivity index (χ1) is 16.7. The van der Waals surface area contributed by atoms with E-state index in [4.69, 9.17) is 4.42 Å². The maximum absolute atomic E-state index is 13.2. The van der Waals surface area contributed by atoms with Crippen LogP contribution in [0.5, 0.6) is 0 Å². The number of carbonyl (C=O) groups excluding carboxylic acids is 1. The van der Waals surface area contributed by atoms with Gasteiger partial charge < -0.3 is 14.8 Å². The van der Waals surface area contributed by atoms with Crippen LogP contribution in [0, 0.1) is 6.92 Å². The fraction of sp³-hybridized carbons (Fsp3) is 0.233. The number of hydrogen-bond donors (Lipinski definition) is 2. The van der Waals surface area contributed by atoms with E-state index in [1.165, 1.54) is 17.3 Å². The Hall–Kier alpha value is -3.28. The van der Waals surface area contributed by atoms with Crippen molar-refractivity contribution in [3.05, 3.63) is 119 Å². The van der Waals surface area contributed by atoms with Crippen molar-refractivity contribution < 1.29 is 14.3 Å². The Kier molecular flexibility index (Phi) is 7.48. The third kappa shape index (κ3) is 6.05. The lowest BCUT2D eigenvalue weighted by Crippen LogP contribution is -2.32. The van der Waals surface area contributed by atoms with Crippen molar-refractivity contribution in [2.75, 3.05) is 0 Å². The molecule has 4 nitrogen and oxygen atoms in total.